The lowest BCUT2D eigenvalue weighted by Gasteiger charge is -2.18. The number of aromatic amines is 2. The molecule has 1 aliphatic rings. The van der Waals surface area contributed by atoms with E-state index in [1.54, 1.807) is 12.1 Å². The maximum absolute atomic E-state index is 13.3. The van der Waals surface area contributed by atoms with Crippen LogP contribution in [-0.4, -0.2) is 31.5 Å². The second-order valence-corrected chi connectivity index (χ2v) is 6.57. The van der Waals surface area contributed by atoms with Crippen LogP contribution >= 0.6 is 0 Å². The fourth-order valence-corrected chi connectivity index (χ4v) is 3.10. The Morgan fingerprint density at radius 1 is 1.35 bits per heavy atom. The number of fused-ring (bicyclic) bond motifs is 1. The van der Waals surface area contributed by atoms with E-state index in [-0.39, 0.29) is 17.1 Å². The van der Waals surface area contributed by atoms with Crippen LogP contribution in [0.15, 0.2) is 24.3 Å². The molecule has 0 radical (unpaired) electrons. The molecular weight excluding hydrogens is 299 g/mol. The number of halogens is 1. The third kappa shape index (κ3) is 2.01. The number of carbonyl (C=O) groups is 1. The fourth-order valence-electron chi connectivity index (χ4n) is 3.10. The summed E-state index contributed by atoms with van der Waals surface area (Å²) in [4.78, 5) is 15.6. The molecule has 118 valence electrons. The molecule has 2 heterocycles. The van der Waals surface area contributed by atoms with Gasteiger partial charge in [0.2, 0.25) is 0 Å². The van der Waals surface area contributed by atoms with Gasteiger partial charge in [0.25, 0.3) is 5.91 Å². The highest BCUT2D eigenvalue weighted by molar-refractivity contribution is 5.98. The lowest BCUT2D eigenvalue weighted by atomic mass is 10.0. The van der Waals surface area contributed by atoms with Crippen LogP contribution in [-0.2, 0) is 5.54 Å². The molecule has 23 heavy (non-hydrogen) atoms. The van der Waals surface area contributed by atoms with Crippen molar-refractivity contribution in [1.82, 2.24) is 30.9 Å². The van der Waals surface area contributed by atoms with Crippen LogP contribution in [0.4, 0.5) is 4.39 Å². The van der Waals surface area contributed by atoms with Crippen molar-refractivity contribution in [3.8, 4) is 0 Å². The summed E-state index contributed by atoms with van der Waals surface area (Å²) in [5.41, 5.74) is 0.279. The molecule has 0 spiro atoms. The van der Waals surface area contributed by atoms with Crippen LogP contribution in [0, 0.1) is 11.2 Å². The molecule has 1 saturated carbocycles. The predicted octanol–water partition coefficient (Wildman–Crippen LogP) is 1.88. The minimum absolute atomic E-state index is 0.162. The average Bonchev–Trinajstić information content (AvgIpc) is 2.97. The van der Waals surface area contributed by atoms with Crippen LogP contribution < -0.4 is 5.32 Å². The van der Waals surface area contributed by atoms with Gasteiger partial charge in [0, 0.05) is 10.9 Å². The monoisotopic (exact) mass is 314 g/mol. The van der Waals surface area contributed by atoms with Gasteiger partial charge in [-0.2, -0.15) is 5.21 Å². The zero-order valence-corrected chi connectivity index (χ0v) is 12.6. The highest BCUT2D eigenvalue weighted by atomic mass is 19.1. The van der Waals surface area contributed by atoms with Gasteiger partial charge in [-0.15, -0.1) is 10.2 Å². The lowest BCUT2D eigenvalue weighted by molar-refractivity contribution is 0.0913. The van der Waals surface area contributed by atoms with Crippen LogP contribution in [0.1, 0.15) is 36.6 Å². The summed E-state index contributed by atoms with van der Waals surface area (Å²) in [7, 11) is 0. The molecule has 8 heteroatoms. The molecule has 1 unspecified atom stereocenters. The molecule has 7 nitrogen and oxygen atoms in total. The molecule has 1 aromatic carbocycles. The first-order chi connectivity index (χ1) is 10.9. The molecule has 2 aromatic heterocycles. The Morgan fingerprint density at radius 2 is 2.13 bits per heavy atom. The summed E-state index contributed by atoms with van der Waals surface area (Å²) < 4.78 is 13.3. The molecule has 1 aliphatic carbocycles. The minimum atomic E-state index is -0.639. The Labute approximate surface area is 130 Å². The van der Waals surface area contributed by atoms with E-state index in [0.29, 0.717) is 22.4 Å². The lowest BCUT2D eigenvalue weighted by Crippen LogP contribution is -2.39. The van der Waals surface area contributed by atoms with Gasteiger partial charge < -0.3 is 10.3 Å². The first kappa shape index (κ1) is 13.9. The second-order valence-electron chi connectivity index (χ2n) is 6.57. The zero-order valence-electron chi connectivity index (χ0n) is 12.6. The average molecular weight is 314 g/mol. The Kier molecular flexibility index (Phi) is 2.64. The SMILES string of the molecule is CC1(C)CC1(NC(=O)c1cc2cc(F)ccc2[nH]1)c1nn[nH]n1. The number of hydrogen-bond donors (Lipinski definition) is 3. The highest BCUT2D eigenvalue weighted by Gasteiger charge is 2.66. The third-order valence-electron chi connectivity index (χ3n) is 4.62. The highest BCUT2D eigenvalue weighted by Crippen LogP contribution is 2.61. The van der Waals surface area contributed by atoms with Crippen molar-refractivity contribution in [2.45, 2.75) is 25.8 Å². The van der Waals surface area contributed by atoms with E-state index in [2.05, 4.69) is 30.9 Å². The standard InChI is InChI=1S/C15H15FN6O/c1-14(2)7-15(14,13-19-21-22-20-13)18-12(23)11-6-8-5-9(16)3-4-10(8)17-11/h3-6,17H,7H2,1-2H3,(H,18,23)(H,19,20,21,22). The number of nitrogens with one attached hydrogen (secondary N) is 3. The van der Waals surface area contributed by atoms with Crippen molar-refractivity contribution >= 4 is 16.8 Å². The third-order valence-corrected chi connectivity index (χ3v) is 4.62. The molecule has 1 atom stereocenters. The predicted molar refractivity (Wildman–Crippen MR) is 80.0 cm³/mol. The number of aromatic nitrogens is 5. The van der Waals surface area contributed by atoms with Crippen molar-refractivity contribution in [2.75, 3.05) is 0 Å². The van der Waals surface area contributed by atoms with Gasteiger partial charge in [0.15, 0.2) is 5.82 Å². The number of nitrogens with zero attached hydrogens (tertiary/aromatic N) is 3. The summed E-state index contributed by atoms with van der Waals surface area (Å²) in [5.74, 6) is -0.148. The summed E-state index contributed by atoms with van der Waals surface area (Å²) >= 11 is 0. The maximum atomic E-state index is 13.3. The Bertz CT molecular complexity index is 900. The van der Waals surface area contributed by atoms with Gasteiger partial charge in [-0.3, -0.25) is 4.79 Å². The fraction of sp³-hybridized carbons (Fsp3) is 0.333. The topological polar surface area (TPSA) is 99.4 Å². The zero-order chi connectivity index (χ0) is 16.2. The van der Waals surface area contributed by atoms with E-state index in [9.17, 15) is 9.18 Å². The number of benzene rings is 1. The molecule has 1 fully saturated rings. The first-order valence-corrected chi connectivity index (χ1v) is 7.26. The number of amides is 1. The van der Waals surface area contributed by atoms with Gasteiger partial charge in [-0.25, -0.2) is 4.39 Å². The molecule has 3 aromatic rings. The van der Waals surface area contributed by atoms with Crippen molar-refractivity contribution in [3.63, 3.8) is 0 Å². The number of carbonyl (C=O) groups excluding carboxylic acids is 1. The van der Waals surface area contributed by atoms with E-state index in [1.807, 2.05) is 13.8 Å². The van der Waals surface area contributed by atoms with Crippen molar-refractivity contribution in [1.29, 1.82) is 0 Å². The van der Waals surface area contributed by atoms with Gasteiger partial charge in [0.05, 0.1) is 0 Å². The van der Waals surface area contributed by atoms with E-state index in [4.69, 9.17) is 0 Å². The molecule has 3 N–H and O–H groups in total. The molecule has 1 amide bonds. The first-order valence-electron chi connectivity index (χ1n) is 7.26. The molecule has 0 saturated heterocycles. The Hall–Kier alpha value is -2.77. The summed E-state index contributed by atoms with van der Waals surface area (Å²) in [6, 6.07) is 5.98. The van der Waals surface area contributed by atoms with E-state index in [1.165, 1.54) is 12.1 Å². The summed E-state index contributed by atoms with van der Waals surface area (Å²) in [6.07, 6.45) is 0.722. The Morgan fingerprint density at radius 3 is 2.78 bits per heavy atom. The van der Waals surface area contributed by atoms with Gasteiger partial charge in [-0.1, -0.05) is 19.1 Å². The summed E-state index contributed by atoms with van der Waals surface area (Å²) in [5, 5.41) is 17.7. The van der Waals surface area contributed by atoms with Crippen LogP contribution in [0.5, 0.6) is 0 Å². The number of tetrazole rings is 1. The van der Waals surface area contributed by atoms with Crippen LogP contribution in [0.25, 0.3) is 10.9 Å². The molecule has 0 aliphatic heterocycles. The smallest absolute Gasteiger partial charge is 0.268 e. The summed E-state index contributed by atoms with van der Waals surface area (Å²) in [6.45, 7) is 4.06. The van der Waals surface area contributed by atoms with Gasteiger partial charge in [-0.05, 0) is 36.1 Å². The van der Waals surface area contributed by atoms with Gasteiger partial charge in [0.1, 0.15) is 17.1 Å². The van der Waals surface area contributed by atoms with Crippen molar-refractivity contribution in [3.05, 3.63) is 41.6 Å². The maximum Gasteiger partial charge on any atom is 0.268 e. The van der Waals surface area contributed by atoms with E-state index in [0.717, 1.165) is 6.42 Å². The number of hydrogen-bond acceptors (Lipinski definition) is 4. The Balaban J connectivity index is 1.66. The molecule has 0 bridgehead atoms. The molecular formula is C15H15FN6O. The molecule has 4 rings (SSSR count). The normalized spacial score (nSPS) is 22.2. The van der Waals surface area contributed by atoms with Gasteiger partial charge >= 0.3 is 0 Å². The van der Waals surface area contributed by atoms with E-state index >= 15 is 0 Å². The van der Waals surface area contributed by atoms with Crippen LogP contribution in [0.3, 0.4) is 0 Å². The van der Waals surface area contributed by atoms with E-state index < -0.39 is 5.54 Å². The minimum Gasteiger partial charge on any atom is -0.351 e. The van der Waals surface area contributed by atoms with Crippen molar-refractivity contribution < 1.29 is 9.18 Å². The van der Waals surface area contributed by atoms with Crippen molar-refractivity contribution in [2.24, 2.45) is 5.41 Å². The number of rotatable bonds is 3. The van der Waals surface area contributed by atoms with Crippen LogP contribution in [0.2, 0.25) is 0 Å². The largest absolute Gasteiger partial charge is 0.351 e. The second kappa shape index (κ2) is 4.37. The quantitative estimate of drug-likeness (QED) is 0.687. The number of H-pyrrole nitrogens is 2.